The Morgan fingerprint density at radius 2 is 1.82 bits per heavy atom. The number of nitrogen functional groups attached to an aromatic ring is 1. The van der Waals surface area contributed by atoms with Crippen LogP contribution in [0, 0.1) is 0 Å². The van der Waals surface area contributed by atoms with Crippen LogP contribution in [0.15, 0.2) is 42.5 Å². The minimum Gasteiger partial charge on any atom is -0.496 e. The van der Waals surface area contributed by atoms with Gasteiger partial charge in [-0.3, -0.25) is 0 Å². The fraction of sp³-hybridized carbons (Fsp3) is 0.484. The van der Waals surface area contributed by atoms with Crippen LogP contribution in [-0.4, -0.2) is 57.2 Å². The van der Waals surface area contributed by atoms with E-state index in [1.165, 1.54) is 0 Å². The van der Waals surface area contributed by atoms with Gasteiger partial charge < -0.3 is 35.9 Å². The Morgan fingerprint density at radius 3 is 2.52 bits per heavy atom. The van der Waals surface area contributed by atoms with E-state index >= 15 is 0 Å². The first-order valence-electron chi connectivity index (χ1n) is 14.4. The molecule has 9 nitrogen and oxygen atoms in total. The van der Waals surface area contributed by atoms with Crippen LogP contribution in [0.4, 0.5) is 11.8 Å². The Bertz CT molecular complexity index is 1400. The molecule has 216 valence electrons. The van der Waals surface area contributed by atoms with Crippen molar-refractivity contribution < 1.29 is 14.9 Å². The summed E-state index contributed by atoms with van der Waals surface area (Å²) in [5.41, 5.74) is 11.1. The lowest BCUT2D eigenvalue weighted by Gasteiger charge is -2.28. The van der Waals surface area contributed by atoms with Crippen LogP contribution in [-0.2, 0) is 13.1 Å². The monoisotopic (exact) mass is 548 g/mol. The van der Waals surface area contributed by atoms with Crippen LogP contribution in [0.2, 0.25) is 0 Å². The van der Waals surface area contributed by atoms with Crippen molar-refractivity contribution in [1.29, 1.82) is 0 Å². The summed E-state index contributed by atoms with van der Waals surface area (Å²) in [6.45, 7) is 6.40. The normalized spacial score (nSPS) is 14.3. The van der Waals surface area contributed by atoms with Gasteiger partial charge in [-0.1, -0.05) is 50.5 Å². The second-order valence-corrected chi connectivity index (χ2v) is 10.5. The molecule has 0 unspecified atom stereocenters. The van der Waals surface area contributed by atoms with Gasteiger partial charge in [0.1, 0.15) is 16.8 Å². The molecule has 1 fully saturated rings. The van der Waals surface area contributed by atoms with Crippen LogP contribution < -0.4 is 21.1 Å². The molecule has 1 saturated carbocycles. The lowest BCUT2D eigenvalue weighted by molar-refractivity contribution is 0.163. The Balaban J connectivity index is 0.00000118. The molecule has 2 aromatic carbocycles. The summed E-state index contributed by atoms with van der Waals surface area (Å²) in [5.74, 6) is 1.86. The molecule has 0 amide bonds. The zero-order valence-corrected chi connectivity index (χ0v) is 24.0. The topological polar surface area (TPSA) is 130 Å². The summed E-state index contributed by atoms with van der Waals surface area (Å²) < 4.78 is 8.04. The van der Waals surface area contributed by atoms with Crippen molar-refractivity contribution in [2.45, 2.75) is 71.0 Å². The van der Waals surface area contributed by atoms with Gasteiger partial charge in [0.25, 0.3) is 0 Å². The van der Waals surface area contributed by atoms with E-state index in [-0.39, 0.29) is 24.7 Å². The van der Waals surface area contributed by atoms with E-state index in [0.29, 0.717) is 13.1 Å². The molecular formula is C31H44N6O3. The Morgan fingerprint density at radius 1 is 1.07 bits per heavy atom. The number of para-hydroxylation sites is 1. The van der Waals surface area contributed by atoms with Crippen LogP contribution >= 0.6 is 0 Å². The molecule has 1 aliphatic carbocycles. The molecule has 5 rings (SSSR count). The van der Waals surface area contributed by atoms with Gasteiger partial charge in [0.2, 0.25) is 5.95 Å². The highest BCUT2D eigenvalue weighted by Gasteiger charge is 2.32. The van der Waals surface area contributed by atoms with Gasteiger partial charge >= 0.3 is 0 Å². The van der Waals surface area contributed by atoms with E-state index in [9.17, 15) is 5.11 Å². The number of hydrogen-bond acceptors (Lipinski definition) is 8. The summed E-state index contributed by atoms with van der Waals surface area (Å²) in [5, 5.41) is 25.8. The summed E-state index contributed by atoms with van der Waals surface area (Å²) in [6.07, 6.45) is 6.50. The number of aromatic nitrogens is 3. The third kappa shape index (κ3) is 6.49. The number of aliphatic hydroxyl groups excluding tert-OH is 2. The van der Waals surface area contributed by atoms with Gasteiger partial charge in [0.15, 0.2) is 5.82 Å². The Labute approximate surface area is 236 Å². The van der Waals surface area contributed by atoms with Crippen LogP contribution in [0.5, 0.6) is 5.75 Å². The lowest BCUT2D eigenvalue weighted by atomic mass is 9.98. The number of rotatable bonds is 11. The molecule has 9 heteroatoms. The highest BCUT2D eigenvalue weighted by Crippen LogP contribution is 2.34. The van der Waals surface area contributed by atoms with Crippen molar-refractivity contribution in [3.8, 4) is 5.75 Å². The van der Waals surface area contributed by atoms with Crippen molar-refractivity contribution in [3.63, 3.8) is 0 Å². The molecule has 0 aliphatic heterocycles. The maximum atomic E-state index is 10.0. The number of anilines is 2. The molecule has 2 heterocycles. The number of hydrogen-bond donors (Lipinski definition) is 5. The predicted molar refractivity (Wildman–Crippen MR) is 163 cm³/mol. The summed E-state index contributed by atoms with van der Waals surface area (Å²) in [7, 11) is 1.71. The average molecular weight is 549 g/mol. The maximum Gasteiger partial charge on any atom is 0.222 e. The van der Waals surface area contributed by atoms with Crippen molar-refractivity contribution in [1.82, 2.24) is 19.9 Å². The van der Waals surface area contributed by atoms with Gasteiger partial charge in [-0.05, 0) is 49.9 Å². The predicted octanol–water partition coefficient (Wildman–Crippen LogP) is 4.83. The molecule has 6 N–H and O–H groups in total. The number of methoxy groups -OCH3 is 1. The molecule has 4 aromatic rings. The minimum absolute atomic E-state index is 0.163. The number of aliphatic hydroxyl groups is 2. The minimum atomic E-state index is -0.163. The quantitative estimate of drug-likeness (QED) is 0.169. The third-order valence-electron chi connectivity index (χ3n) is 7.65. The second kappa shape index (κ2) is 13.8. The highest BCUT2D eigenvalue weighted by atomic mass is 16.5. The maximum absolute atomic E-state index is 10.0. The highest BCUT2D eigenvalue weighted by molar-refractivity contribution is 6.09. The number of benzene rings is 2. The number of unbranched alkanes of at least 4 members (excludes halogenated alkanes) is 1. The SMILES string of the molecule is CCCCNc1nc(N)nc2c3ccccc3n(Cc3cc(CNC4(CO)CCCC4)ccc3OC)c12.CCO. The smallest absolute Gasteiger partial charge is 0.222 e. The standard InChI is InChI=1S/C29H38N6O2.C2H6O/c1-3-4-15-31-27-26-25(33-28(30)34-27)22-9-5-6-10-23(22)35(26)18-21-16-20(11-12-24(21)37-2)17-32-29(19-36)13-7-8-14-29;1-2-3/h5-6,9-12,16,32,36H,3-4,7-8,13-15,17-19H2,1-2H3,(H3,30,31,33,34);3H,2H2,1H3. The van der Waals surface area contributed by atoms with Crippen molar-refractivity contribution >= 4 is 33.7 Å². The zero-order valence-electron chi connectivity index (χ0n) is 24.0. The van der Waals surface area contributed by atoms with E-state index < -0.39 is 0 Å². The lowest BCUT2D eigenvalue weighted by Crippen LogP contribution is -2.45. The molecule has 1 aliphatic rings. The van der Waals surface area contributed by atoms with Crippen LogP contribution in [0.3, 0.4) is 0 Å². The molecule has 2 aromatic heterocycles. The first-order chi connectivity index (χ1) is 19.5. The fourth-order valence-electron chi connectivity index (χ4n) is 5.58. The Hall–Kier alpha value is -3.40. The summed E-state index contributed by atoms with van der Waals surface area (Å²) in [6, 6.07) is 14.6. The molecule has 0 atom stereocenters. The van der Waals surface area contributed by atoms with E-state index in [1.807, 2.05) is 18.2 Å². The molecule has 0 radical (unpaired) electrons. The molecular weight excluding hydrogens is 504 g/mol. The number of nitrogens with two attached hydrogens (primary N) is 1. The van der Waals surface area contributed by atoms with Gasteiger partial charge in [-0.2, -0.15) is 4.98 Å². The van der Waals surface area contributed by atoms with E-state index in [2.05, 4.69) is 56.4 Å². The average Bonchev–Trinajstić information content (AvgIpc) is 3.56. The first kappa shape index (κ1) is 29.6. The molecule has 0 bridgehead atoms. The van der Waals surface area contributed by atoms with E-state index in [1.54, 1.807) is 14.0 Å². The van der Waals surface area contributed by atoms with Gasteiger partial charge in [-0.25, -0.2) is 4.98 Å². The molecule has 40 heavy (non-hydrogen) atoms. The van der Waals surface area contributed by atoms with E-state index in [4.69, 9.17) is 15.6 Å². The zero-order chi connectivity index (χ0) is 28.5. The van der Waals surface area contributed by atoms with Gasteiger partial charge in [0.05, 0.1) is 25.8 Å². The van der Waals surface area contributed by atoms with Crippen LogP contribution in [0.25, 0.3) is 21.9 Å². The summed E-state index contributed by atoms with van der Waals surface area (Å²) in [4.78, 5) is 9.24. The summed E-state index contributed by atoms with van der Waals surface area (Å²) >= 11 is 0. The number of nitrogens with zero attached hydrogens (tertiary/aromatic N) is 3. The van der Waals surface area contributed by atoms with Crippen LogP contribution in [0.1, 0.15) is 63.5 Å². The van der Waals surface area contributed by atoms with E-state index in [0.717, 1.165) is 89.7 Å². The first-order valence-corrected chi connectivity index (χ1v) is 14.4. The van der Waals surface area contributed by atoms with Crippen molar-refractivity contribution in [3.05, 3.63) is 53.6 Å². The Kier molecular flexibility index (Phi) is 10.2. The van der Waals surface area contributed by atoms with Crippen molar-refractivity contribution in [2.75, 3.05) is 37.9 Å². The number of nitrogens with one attached hydrogen (secondary N) is 2. The molecule has 0 spiro atoms. The second-order valence-electron chi connectivity index (χ2n) is 10.5. The van der Waals surface area contributed by atoms with Gasteiger partial charge in [-0.15, -0.1) is 0 Å². The number of fused-ring (bicyclic) bond motifs is 3. The van der Waals surface area contributed by atoms with Crippen molar-refractivity contribution in [2.24, 2.45) is 0 Å². The van der Waals surface area contributed by atoms with Gasteiger partial charge in [0, 0.05) is 36.2 Å². The largest absolute Gasteiger partial charge is 0.496 e. The fourth-order valence-corrected chi connectivity index (χ4v) is 5.58. The third-order valence-corrected chi connectivity index (χ3v) is 7.65. The molecule has 0 saturated heterocycles. The number of ether oxygens (including phenoxy) is 1.